The summed E-state index contributed by atoms with van der Waals surface area (Å²) in [6, 6.07) is 0. The standard InChI is InChI=1S/C28H44O3/c1-18(2)28(6,31)15-13-19(3)24-11-12-25-21(8-7-14-27(24,25)5)9-10-22-16-23(29)17-26(30)20(22)4/h9-10,13,15,18-19,23-26,29-31H,4,7-8,11-12,14,16-17H2,1-3,5-6H3/t19-,23-,24?,25?,26+,27?,28-/m1/s1. The lowest BCUT2D eigenvalue weighted by atomic mass is 9.61. The van der Waals surface area contributed by atoms with Gasteiger partial charge in [0.15, 0.2) is 0 Å². The van der Waals surface area contributed by atoms with Gasteiger partial charge in [-0.2, -0.15) is 0 Å². The first-order chi connectivity index (χ1) is 14.5. The van der Waals surface area contributed by atoms with Gasteiger partial charge in [-0.15, -0.1) is 0 Å². The van der Waals surface area contributed by atoms with E-state index in [9.17, 15) is 15.3 Å². The molecule has 174 valence electrons. The molecule has 3 heteroatoms. The number of hydrogen-bond donors (Lipinski definition) is 3. The van der Waals surface area contributed by atoms with E-state index in [1.165, 1.54) is 31.3 Å². The fourth-order valence-electron chi connectivity index (χ4n) is 6.28. The molecule has 3 aliphatic carbocycles. The van der Waals surface area contributed by atoms with Crippen molar-refractivity contribution in [3.8, 4) is 0 Å². The number of fused-ring (bicyclic) bond motifs is 1. The molecule has 0 radical (unpaired) electrons. The van der Waals surface area contributed by atoms with Gasteiger partial charge >= 0.3 is 0 Å². The fraction of sp³-hybridized carbons (Fsp3) is 0.714. The van der Waals surface area contributed by atoms with Gasteiger partial charge in [0.05, 0.1) is 17.8 Å². The van der Waals surface area contributed by atoms with Gasteiger partial charge < -0.3 is 15.3 Å². The third-order valence-corrected chi connectivity index (χ3v) is 8.84. The van der Waals surface area contributed by atoms with Crippen LogP contribution in [-0.4, -0.2) is 33.1 Å². The average Bonchev–Trinajstić information content (AvgIpc) is 3.05. The Morgan fingerprint density at radius 1 is 1.16 bits per heavy atom. The predicted octanol–water partition coefficient (Wildman–Crippen LogP) is 5.73. The average molecular weight is 429 g/mol. The lowest BCUT2D eigenvalue weighted by Crippen LogP contribution is -2.36. The van der Waals surface area contributed by atoms with Gasteiger partial charge in [-0.25, -0.2) is 0 Å². The maximum Gasteiger partial charge on any atom is 0.0822 e. The molecule has 3 aliphatic rings. The van der Waals surface area contributed by atoms with Crippen LogP contribution < -0.4 is 0 Å². The highest BCUT2D eigenvalue weighted by Crippen LogP contribution is 2.59. The van der Waals surface area contributed by atoms with Crippen LogP contribution in [0.3, 0.4) is 0 Å². The molecule has 3 nitrogen and oxygen atoms in total. The van der Waals surface area contributed by atoms with Crippen LogP contribution in [0, 0.1) is 29.1 Å². The van der Waals surface area contributed by atoms with Crippen molar-refractivity contribution in [1.82, 2.24) is 0 Å². The zero-order chi connectivity index (χ0) is 23.0. The highest BCUT2D eigenvalue weighted by atomic mass is 16.3. The fourth-order valence-corrected chi connectivity index (χ4v) is 6.28. The Morgan fingerprint density at radius 2 is 1.87 bits per heavy atom. The van der Waals surface area contributed by atoms with Crippen LogP contribution in [0.1, 0.15) is 79.6 Å². The van der Waals surface area contributed by atoms with Gasteiger partial charge in [0.25, 0.3) is 0 Å². The highest BCUT2D eigenvalue weighted by Gasteiger charge is 2.50. The Labute approximate surface area is 189 Å². The lowest BCUT2D eigenvalue weighted by Gasteiger charge is -2.44. The van der Waals surface area contributed by atoms with Gasteiger partial charge in [-0.3, -0.25) is 0 Å². The second-order valence-corrected chi connectivity index (χ2v) is 11.3. The van der Waals surface area contributed by atoms with Crippen molar-refractivity contribution in [2.75, 3.05) is 0 Å². The first-order valence-corrected chi connectivity index (χ1v) is 12.3. The largest absolute Gasteiger partial charge is 0.393 e. The minimum atomic E-state index is -0.755. The summed E-state index contributed by atoms with van der Waals surface area (Å²) in [6.45, 7) is 14.9. The summed E-state index contributed by atoms with van der Waals surface area (Å²) >= 11 is 0. The third kappa shape index (κ3) is 5.10. The molecule has 0 aromatic rings. The zero-order valence-corrected chi connectivity index (χ0v) is 20.3. The van der Waals surface area contributed by atoms with E-state index in [2.05, 4.69) is 52.5 Å². The monoisotopic (exact) mass is 428 g/mol. The van der Waals surface area contributed by atoms with E-state index in [0.29, 0.717) is 36.0 Å². The molecule has 3 unspecified atom stereocenters. The second-order valence-electron chi connectivity index (χ2n) is 11.3. The number of allylic oxidation sites excluding steroid dienone is 4. The molecule has 7 atom stereocenters. The molecule has 31 heavy (non-hydrogen) atoms. The Hall–Kier alpha value is -1.16. The number of rotatable bonds is 5. The molecule has 0 spiro atoms. The van der Waals surface area contributed by atoms with Gasteiger partial charge in [-0.1, -0.05) is 64.2 Å². The predicted molar refractivity (Wildman–Crippen MR) is 128 cm³/mol. The quantitative estimate of drug-likeness (QED) is 0.490. The van der Waals surface area contributed by atoms with Crippen LogP contribution in [0.4, 0.5) is 0 Å². The van der Waals surface area contributed by atoms with Gasteiger partial charge in [-0.05, 0) is 85.7 Å². The molecular weight excluding hydrogens is 384 g/mol. The summed E-state index contributed by atoms with van der Waals surface area (Å²) in [5, 5.41) is 30.8. The normalized spacial score (nSPS) is 40.0. The molecule has 3 N–H and O–H groups in total. The first kappa shape index (κ1) is 24.5. The molecule has 0 saturated heterocycles. The SMILES string of the molecule is C=C1C(=CC=C2CCCC3(C)C2CCC3[C@H](C)C=C[C@@](C)(O)C(C)C)C[C@@H](O)C[C@@H]1O. The summed E-state index contributed by atoms with van der Waals surface area (Å²) in [6.07, 6.45) is 14.6. The Bertz CT molecular complexity index is 756. The van der Waals surface area contributed by atoms with Crippen molar-refractivity contribution >= 4 is 0 Å². The number of aliphatic hydroxyl groups excluding tert-OH is 2. The van der Waals surface area contributed by atoms with Crippen LogP contribution in [0.5, 0.6) is 0 Å². The molecule has 3 saturated carbocycles. The Morgan fingerprint density at radius 3 is 2.55 bits per heavy atom. The van der Waals surface area contributed by atoms with Crippen LogP contribution >= 0.6 is 0 Å². The van der Waals surface area contributed by atoms with E-state index >= 15 is 0 Å². The summed E-state index contributed by atoms with van der Waals surface area (Å²) in [5.74, 6) is 1.87. The first-order valence-electron chi connectivity index (χ1n) is 12.3. The molecule has 3 rings (SSSR count). The molecule has 0 aromatic carbocycles. The van der Waals surface area contributed by atoms with E-state index in [4.69, 9.17) is 0 Å². The van der Waals surface area contributed by atoms with E-state index < -0.39 is 17.8 Å². The summed E-state index contributed by atoms with van der Waals surface area (Å²) in [5.41, 5.74) is 2.82. The van der Waals surface area contributed by atoms with E-state index in [1.807, 2.05) is 13.0 Å². The Balaban J connectivity index is 1.78. The van der Waals surface area contributed by atoms with Crippen molar-refractivity contribution in [2.45, 2.75) is 97.4 Å². The number of aliphatic hydroxyl groups is 3. The molecule has 0 aliphatic heterocycles. The molecule has 0 heterocycles. The summed E-state index contributed by atoms with van der Waals surface area (Å²) in [7, 11) is 0. The molecule has 3 fully saturated rings. The Kier molecular flexibility index (Phi) is 7.40. The van der Waals surface area contributed by atoms with E-state index in [0.717, 1.165) is 17.6 Å². The molecule has 0 aromatic heterocycles. The van der Waals surface area contributed by atoms with Crippen LogP contribution in [0.25, 0.3) is 0 Å². The smallest absolute Gasteiger partial charge is 0.0822 e. The van der Waals surface area contributed by atoms with Crippen molar-refractivity contribution in [3.63, 3.8) is 0 Å². The van der Waals surface area contributed by atoms with Crippen molar-refractivity contribution in [1.29, 1.82) is 0 Å². The topological polar surface area (TPSA) is 60.7 Å². The maximum atomic E-state index is 10.6. The zero-order valence-electron chi connectivity index (χ0n) is 20.3. The summed E-state index contributed by atoms with van der Waals surface area (Å²) in [4.78, 5) is 0. The van der Waals surface area contributed by atoms with Crippen LogP contribution in [-0.2, 0) is 0 Å². The summed E-state index contributed by atoms with van der Waals surface area (Å²) < 4.78 is 0. The molecule has 0 amide bonds. The molecular formula is C28H44O3. The van der Waals surface area contributed by atoms with Crippen LogP contribution in [0.15, 0.2) is 47.6 Å². The minimum absolute atomic E-state index is 0.201. The maximum absolute atomic E-state index is 10.6. The van der Waals surface area contributed by atoms with E-state index in [-0.39, 0.29) is 5.92 Å². The minimum Gasteiger partial charge on any atom is -0.393 e. The third-order valence-electron chi connectivity index (χ3n) is 8.84. The van der Waals surface area contributed by atoms with Crippen molar-refractivity contribution < 1.29 is 15.3 Å². The van der Waals surface area contributed by atoms with Gasteiger partial charge in [0.2, 0.25) is 0 Å². The number of hydrogen-bond acceptors (Lipinski definition) is 3. The second kappa shape index (κ2) is 9.37. The molecule has 0 bridgehead atoms. The van der Waals surface area contributed by atoms with Crippen LogP contribution in [0.2, 0.25) is 0 Å². The van der Waals surface area contributed by atoms with E-state index in [1.54, 1.807) is 0 Å². The van der Waals surface area contributed by atoms with Crippen molar-refractivity contribution in [2.24, 2.45) is 29.1 Å². The lowest BCUT2D eigenvalue weighted by molar-refractivity contribution is 0.0607. The van der Waals surface area contributed by atoms with Gasteiger partial charge in [0.1, 0.15) is 0 Å². The van der Waals surface area contributed by atoms with Gasteiger partial charge in [0, 0.05) is 6.42 Å². The van der Waals surface area contributed by atoms with Crippen molar-refractivity contribution in [3.05, 3.63) is 47.6 Å². The highest BCUT2D eigenvalue weighted by molar-refractivity contribution is 5.38.